The average Bonchev–Trinajstić information content (AvgIpc) is 2.31. The Kier molecular flexibility index (Phi) is 4.34. The van der Waals surface area contributed by atoms with Crippen molar-refractivity contribution in [3.05, 3.63) is 28.8 Å². The van der Waals surface area contributed by atoms with Crippen LogP contribution in [0.15, 0.2) is 18.2 Å². The molecule has 0 saturated carbocycles. The highest BCUT2D eigenvalue weighted by atomic mass is 35.5. The van der Waals surface area contributed by atoms with Crippen molar-refractivity contribution in [1.29, 1.82) is 0 Å². The molecule has 1 unspecified atom stereocenters. The summed E-state index contributed by atoms with van der Waals surface area (Å²) in [6, 6.07) is 4.14. The Morgan fingerprint density at radius 1 is 1.41 bits per heavy atom. The summed E-state index contributed by atoms with van der Waals surface area (Å²) in [5.74, 6) is -0.711. The van der Waals surface area contributed by atoms with Crippen LogP contribution >= 0.6 is 11.6 Å². The molecule has 1 atom stereocenters. The van der Waals surface area contributed by atoms with Gasteiger partial charge in [0.1, 0.15) is 6.04 Å². The predicted molar refractivity (Wildman–Crippen MR) is 66.9 cm³/mol. The first-order valence-electron chi connectivity index (χ1n) is 5.03. The van der Waals surface area contributed by atoms with Gasteiger partial charge in [0.2, 0.25) is 5.91 Å². The second-order valence-electron chi connectivity index (χ2n) is 3.52. The summed E-state index contributed by atoms with van der Waals surface area (Å²) in [5.41, 5.74) is 6.16. The van der Waals surface area contributed by atoms with Crippen molar-refractivity contribution in [3.8, 4) is 0 Å². The highest BCUT2D eigenvalue weighted by Crippen LogP contribution is 2.22. The second kappa shape index (κ2) is 5.54. The van der Waals surface area contributed by atoms with E-state index in [1.165, 1.54) is 7.05 Å². The highest BCUT2D eigenvalue weighted by molar-refractivity contribution is 6.36. The van der Waals surface area contributed by atoms with Crippen molar-refractivity contribution in [3.63, 3.8) is 0 Å². The van der Waals surface area contributed by atoms with E-state index in [4.69, 9.17) is 17.3 Å². The molecule has 0 aromatic heterocycles. The summed E-state index contributed by atoms with van der Waals surface area (Å²) in [4.78, 5) is 23.1. The lowest BCUT2D eigenvalue weighted by molar-refractivity contribution is -0.122. The van der Waals surface area contributed by atoms with E-state index >= 15 is 0 Å². The van der Waals surface area contributed by atoms with Crippen LogP contribution in [0.4, 0.5) is 5.69 Å². The van der Waals surface area contributed by atoms with Crippen LogP contribution in [0, 0.1) is 0 Å². The van der Waals surface area contributed by atoms with Crippen LogP contribution in [0.25, 0.3) is 0 Å². The zero-order valence-electron chi connectivity index (χ0n) is 9.58. The Hall–Kier alpha value is -1.75. The van der Waals surface area contributed by atoms with Crippen molar-refractivity contribution in [2.45, 2.75) is 13.0 Å². The van der Waals surface area contributed by atoms with E-state index in [9.17, 15) is 9.59 Å². The molecule has 0 heterocycles. The first kappa shape index (κ1) is 13.3. The number of amides is 2. The van der Waals surface area contributed by atoms with E-state index in [1.807, 2.05) is 0 Å². The number of anilines is 1. The molecule has 1 aromatic rings. The molecule has 0 saturated heterocycles. The Morgan fingerprint density at radius 3 is 2.65 bits per heavy atom. The predicted octanol–water partition coefficient (Wildman–Crippen LogP) is 0.786. The minimum absolute atomic E-state index is 0.189. The molecular weight excluding hydrogens is 242 g/mol. The summed E-state index contributed by atoms with van der Waals surface area (Å²) in [6.45, 7) is 1.58. The van der Waals surface area contributed by atoms with Gasteiger partial charge in [-0.3, -0.25) is 9.59 Å². The Labute approximate surface area is 104 Å². The van der Waals surface area contributed by atoms with E-state index in [0.29, 0.717) is 5.69 Å². The van der Waals surface area contributed by atoms with Gasteiger partial charge in [-0.2, -0.15) is 0 Å². The molecule has 92 valence electrons. The van der Waals surface area contributed by atoms with Crippen LogP contribution in [0.3, 0.4) is 0 Å². The largest absolute Gasteiger partial charge is 0.398 e. The van der Waals surface area contributed by atoms with Crippen LogP contribution in [0.1, 0.15) is 17.3 Å². The number of likely N-dealkylation sites (N-methyl/N-ethyl adjacent to an activating group) is 1. The smallest absolute Gasteiger partial charge is 0.253 e. The average molecular weight is 256 g/mol. The monoisotopic (exact) mass is 255 g/mol. The standard InChI is InChI=1S/C11H14ClN3O2/c1-6(10(16)14-2)15-11(17)7-4-3-5-8(13)9(7)12/h3-6H,13H2,1-2H3,(H,14,16)(H,15,17). The molecule has 5 nitrogen and oxygen atoms in total. The van der Waals surface area contributed by atoms with Crippen LogP contribution in [0.2, 0.25) is 5.02 Å². The topological polar surface area (TPSA) is 84.2 Å². The fourth-order valence-corrected chi connectivity index (χ4v) is 1.49. The maximum Gasteiger partial charge on any atom is 0.253 e. The number of halogens is 1. The summed E-state index contributed by atoms with van der Waals surface area (Å²) >= 11 is 5.90. The summed E-state index contributed by atoms with van der Waals surface area (Å²) < 4.78 is 0. The van der Waals surface area contributed by atoms with Crippen molar-refractivity contribution in [1.82, 2.24) is 10.6 Å². The lowest BCUT2D eigenvalue weighted by Crippen LogP contribution is -2.43. The lowest BCUT2D eigenvalue weighted by atomic mass is 10.1. The molecule has 0 bridgehead atoms. The Morgan fingerprint density at radius 2 is 2.06 bits per heavy atom. The van der Waals surface area contributed by atoms with Crippen molar-refractivity contribution < 1.29 is 9.59 Å². The molecule has 0 spiro atoms. The van der Waals surface area contributed by atoms with Crippen LogP contribution < -0.4 is 16.4 Å². The molecule has 1 rings (SSSR count). The summed E-state index contributed by atoms with van der Waals surface area (Å²) in [7, 11) is 1.50. The van der Waals surface area contributed by atoms with Gasteiger partial charge >= 0.3 is 0 Å². The van der Waals surface area contributed by atoms with Crippen LogP contribution in [-0.4, -0.2) is 24.9 Å². The normalized spacial score (nSPS) is 11.7. The number of nitrogens with one attached hydrogen (secondary N) is 2. The van der Waals surface area contributed by atoms with Gasteiger partial charge in [0, 0.05) is 7.05 Å². The van der Waals surface area contributed by atoms with E-state index in [-0.39, 0.29) is 16.5 Å². The van der Waals surface area contributed by atoms with Crippen molar-refractivity contribution in [2.24, 2.45) is 0 Å². The summed E-state index contributed by atoms with van der Waals surface area (Å²) in [6.07, 6.45) is 0. The van der Waals surface area contributed by atoms with E-state index in [1.54, 1.807) is 25.1 Å². The minimum atomic E-state index is -0.634. The van der Waals surface area contributed by atoms with E-state index < -0.39 is 11.9 Å². The fraction of sp³-hybridized carbons (Fsp3) is 0.273. The number of nitrogen functional groups attached to an aromatic ring is 1. The van der Waals surface area contributed by atoms with Crippen molar-refractivity contribution in [2.75, 3.05) is 12.8 Å². The van der Waals surface area contributed by atoms with E-state index in [2.05, 4.69) is 10.6 Å². The highest BCUT2D eigenvalue weighted by Gasteiger charge is 2.17. The molecule has 6 heteroatoms. The molecule has 17 heavy (non-hydrogen) atoms. The van der Waals surface area contributed by atoms with Gasteiger partial charge < -0.3 is 16.4 Å². The third-order valence-corrected chi connectivity index (χ3v) is 2.68. The molecule has 4 N–H and O–H groups in total. The molecule has 2 amide bonds. The van der Waals surface area contributed by atoms with E-state index in [0.717, 1.165) is 0 Å². The van der Waals surface area contributed by atoms with Gasteiger partial charge in [-0.15, -0.1) is 0 Å². The number of rotatable bonds is 3. The minimum Gasteiger partial charge on any atom is -0.398 e. The zero-order valence-corrected chi connectivity index (χ0v) is 10.3. The number of carbonyl (C=O) groups excluding carboxylic acids is 2. The fourth-order valence-electron chi connectivity index (χ4n) is 1.28. The molecule has 0 radical (unpaired) electrons. The SMILES string of the molecule is CNC(=O)C(C)NC(=O)c1cccc(N)c1Cl. The summed E-state index contributed by atoms with van der Waals surface area (Å²) in [5, 5.41) is 5.15. The third-order valence-electron chi connectivity index (χ3n) is 2.26. The zero-order chi connectivity index (χ0) is 13.0. The molecule has 0 aliphatic carbocycles. The Bertz CT molecular complexity index is 448. The molecular formula is C11H14ClN3O2. The van der Waals surface area contributed by atoms with Crippen LogP contribution in [-0.2, 0) is 4.79 Å². The number of benzene rings is 1. The van der Waals surface area contributed by atoms with Gasteiger partial charge in [0.15, 0.2) is 0 Å². The van der Waals surface area contributed by atoms with Gasteiger partial charge in [-0.05, 0) is 19.1 Å². The maximum atomic E-state index is 11.8. The molecule has 0 aliphatic rings. The molecule has 0 fully saturated rings. The number of carbonyl (C=O) groups is 2. The molecule has 1 aromatic carbocycles. The van der Waals surface area contributed by atoms with Crippen LogP contribution in [0.5, 0.6) is 0 Å². The van der Waals surface area contributed by atoms with Gasteiger partial charge in [0.25, 0.3) is 5.91 Å². The maximum absolute atomic E-state index is 11.8. The Balaban J connectivity index is 2.84. The number of hydrogen-bond donors (Lipinski definition) is 3. The number of hydrogen-bond acceptors (Lipinski definition) is 3. The first-order valence-corrected chi connectivity index (χ1v) is 5.41. The molecule has 0 aliphatic heterocycles. The van der Waals surface area contributed by atoms with Crippen molar-refractivity contribution >= 4 is 29.1 Å². The first-order chi connectivity index (χ1) is 7.97. The quantitative estimate of drug-likeness (QED) is 0.698. The third kappa shape index (κ3) is 3.10. The number of nitrogens with two attached hydrogens (primary N) is 1. The lowest BCUT2D eigenvalue weighted by Gasteiger charge is -2.13. The second-order valence-corrected chi connectivity index (χ2v) is 3.90. The van der Waals surface area contributed by atoms with Gasteiger partial charge in [-0.1, -0.05) is 17.7 Å². The van der Waals surface area contributed by atoms with Gasteiger partial charge in [-0.25, -0.2) is 0 Å². The van der Waals surface area contributed by atoms with Gasteiger partial charge in [0.05, 0.1) is 16.3 Å².